The second kappa shape index (κ2) is 3.17. The van der Waals surface area contributed by atoms with Crippen LogP contribution in [0.25, 0.3) is 0 Å². The van der Waals surface area contributed by atoms with Gasteiger partial charge in [-0.25, -0.2) is 4.98 Å². The zero-order chi connectivity index (χ0) is 9.14. The van der Waals surface area contributed by atoms with Gasteiger partial charge in [-0.1, -0.05) is 0 Å². The molecule has 12 heavy (non-hydrogen) atoms. The molecule has 0 amide bonds. The Morgan fingerprint density at radius 2 is 1.92 bits per heavy atom. The first-order chi connectivity index (χ1) is 5.70. The van der Waals surface area contributed by atoms with Crippen molar-refractivity contribution < 1.29 is 19.7 Å². The van der Waals surface area contributed by atoms with Crippen LogP contribution in [0.1, 0.15) is 0 Å². The molecule has 5 heteroatoms. The molecular formula is C7H9NO4. The van der Waals surface area contributed by atoms with Gasteiger partial charge in [0.2, 0.25) is 11.5 Å². The highest BCUT2D eigenvalue weighted by Crippen LogP contribution is 2.40. The molecule has 1 heterocycles. The summed E-state index contributed by atoms with van der Waals surface area (Å²) in [5, 5.41) is 18.4. The van der Waals surface area contributed by atoms with E-state index in [2.05, 4.69) is 9.72 Å². The van der Waals surface area contributed by atoms with Crippen LogP contribution in [0.3, 0.4) is 0 Å². The van der Waals surface area contributed by atoms with Crippen molar-refractivity contribution in [3.63, 3.8) is 0 Å². The summed E-state index contributed by atoms with van der Waals surface area (Å²) in [5.41, 5.74) is 0. The highest BCUT2D eigenvalue weighted by molar-refractivity contribution is 5.53. The van der Waals surface area contributed by atoms with Gasteiger partial charge in [-0.2, -0.15) is 0 Å². The van der Waals surface area contributed by atoms with Gasteiger partial charge < -0.3 is 19.7 Å². The molecule has 0 aliphatic carbocycles. The first-order valence-electron chi connectivity index (χ1n) is 3.19. The SMILES string of the molecule is COc1cnc(O)c(OC)c1O. The zero-order valence-electron chi connectivity index (χ0n) is 6.74. The van der Waals surface area contributed by atoms with E-state index in [1.54, 1.807) is 0 Å². The first-order valence-corrected chi connectivity index (χ1v) is 3.19. The smallest absolute Gasteiger partial charge is 0.258 e. The summed E-state index contributed by atoms with van der Waals surface area (Å²) in [7, 11) is 2.70. The van der Waals surface area contributed by atoms with E-state index in [-0.39, 0.29) is 23.1 Å². The minimum absolute atomic E-state index is 0.0886. The van der Waals surface area contributed by atoms with Crippen molar-refractivity contribution in [1.82, 2.24) is 4.98 Å². The maximum Gasteiger partial charge on any atom is 0.258 e. The van der Waals surface area contributed by atoms with Gasteiger partial charge in [0.1, 0.15) is 0 Å². The molecule has 0 aliphatic heterocycles. The number of hydrogen-bond acceptors (Lipinski definition) is 5. The number of rotatable bonds is 2. The normalized spacial score (nSPS) is 9.50. The monoisotopic (exact) mass is 171 g/mol. The maximum absolute atomic E-state index is 9.32. The van der Waals surface area contributed by atoms with Crippen molar-refractivity contribution in [2.45, 2.75) is 0 Å². The molecule has 66 valence electrons. The number of pyridine rings is 1. The van der Waals surface area contributed by atoms with Crippen LogP contribution in [0.4, 0.5) is 0 Å². The van der Waals surface area contributed by atoms with Gasteiger partial charge in [0.15, 0.2) is 5.75 Å². The number of ether oxygens (including phenoxy) is 2. The highest BCUT2D eigenvalue weighted by Gasteiger charge is 2.13. The third kappa shape index (κ3) is 1.20. The standard InChI is InChI=1S/C7H9NO4/c1-11-4-3-8-7(10)6(12-2)5(4)9/h3H,1-2H3,(H2,8,9,10). The fraction of sp³-hybridized carbons (Fsp3) is 0.286. The van der Waals surface area contributed by atoms with Crippen LogP contribution >= 0.6 is 0 Å². The molecule has 0 saturated carbocycles. The second-order valence-corrected chi connectivity index (χ2v) is 2.03. The quantitative estimate of drug-likeness (QED) is 0.678. The Morgan fingerprint density at radius 1 is 1.25 bits per heavy atom. The lowest BCUT2D eigenvalue weighted by Gasteiger charge is -2.07. The molecule has 0 spiro atoms. The highest BCUT2D eigenvalue weighted by atomic mass is 16.5. The van der Waals surface area contributed by atoms with E-state index >= 15 is 0 Å². The van der Waals surface area contributed by atoms with Gasteiger partial charge in [0, 0.05) is 0 Å². The Hall–Kier alpha value is -1.65. The largest absolute Gasteiger partial charge is 0.502 e. The Balaban J connectivity index is 3.24. The number of hydrogen-bond donors (Lipinski definition) is 2. The van der Waals surface area contributed by atoms with Crippen LogP contribution in [-0.2, 0) is 0 Å². The van der Waals surface area contributed by atoms with E-state index in [4.69, 9.17) is 9.84 Å². The minimum atomic E-state index is -0.365. The lowest BCUT2D eigenvalue weighted by atomic mass is 10.4. The third-order valence-electron chi connectivity index (χ3n) is 1.38. The lowest BCUT2D eigenvalue weighted by molar-refractivity contribution is 0.315. The summed E-state index contributed by atoms with van der Waals surface area (Å²) >= 11 is 0. The average molecular weight is 171 g/mol. The predicted molar refractivity (Wildman–Crippen MR) is 40.7 cm³/mol. The molecule has 0 aromatic carbocycles. The number of nitrogens with zero attached hydrogens (tertiary/aromatic N) is 1. The molecule has 2 N–H and O–H groups in total. The summed E-state index contributed by atoms with van der Waals surface area (Å²) in [4.78, 5) is 3.53. The average Bonchev–Trinajstić information content (AvgIpc) is 2.06. The van der Waals surface area contributed by atoms with E-state index in [0.717, 1.165) is 0 Å². The van der Waals surface area contributed by atoms with Gasteiger partial charge in [-0.3, -0.25) is 0 Å². The Kier molecular flexibility index (Phi) is 2.23. The second-order valence-electron chi connectivity index (χ2n) is 2.03. The molecule has 1 rings (SSSR count). The summed E-state index contributed by atoms with van der Waals surface area (Å²) < 4.78 is 9.41. The molecule has 0 fully saturated rings. The summed E-state index contributed by atoms with van der Waals surface area (Å²) in [6, 6.07) is 0. The van der Waals surface area contributed by atoms with Crippen molar-refractivity contribution in [3.05, 3.63) is 6.20 Å². The van der Waals surface area contributed by atoms with E-state index < -0.39 is 0 Å². The topological polar surface area (TPSA) is 71.8 Å². The van der Waals surface area contributed by atoms with E-state index in [9.17, 15) is 5.11 Å². The molecule has 0 atom stereocenters. The van der Waals surface area contributed by atoms with Crippen molar-refractivity contribution in [2.75, 3.05) is 14.2 Å². The van der Waals surface area contributed by atoms with Crippen LogP contribution < -0.4 is 9.47 Å². The van der Waals surface area contributed by atoms with Crippen molar-refractivity contribution in [2.24, 2.45) is 0 Å². The summed E-state index contributed by atoms with van der Waals surface area (Å²) in [6.07, 6.45) is 1.20. The number of aromatic hydroxyl groups is 2. The van der Waals surface area contributed by atoms with Gasteiger partial charge >= 0.3 is 0 Å². The molecule has 1 aromatic heterocycles. The van der Waals surface area contributed by atoms with Crippen LogP contribution in [0.5, 0.6) is 23.1 Å². The first kappa shape index (κ1) is 8.45. The molecule has 0 bridgehead atoms. The van der Waals surface area contributed by atoms with Crippen LogP contribution in [-0.4, -0.2) is 29.4 Å². The Morgan fingerprint density at radius 3 is 2.42 bits per heavy atom. The minimum Gasteiger partial charge on any atom is -0.502 e. The van der Waals surface area contributed by atoms with Crippen molar-refractivity contribution in [3.8, 4) is 23.1 Å². The molecular weight excluding hydrogens is 162 g/mol. The Bertz CT molecular complexity index is 287. The molecule has 0 unspecified atom stereocenters. The third-order valence-corrected chi connectivity index (χ3v) is 1.38. The fourth-order valence-corrected chi connectivity index (χ4v) is 0.795. The van der Waals surface area contributed by atoms with E-state index in [0.29, 0.717) is 0 Å². The summed E-state index contributed by atoms with van der Waals surface area (Å²) in [5.74, 6) is -0.553. The van der Waals surface area contributed by atoms with Gasteiger partial charge in [-0.15, -0.1) is 0 Å². The molecule has 0 saturated heterocycles. The summed E-state index contributed by atoms with van der Waals surface area (Å²) in [6.45, 7) is 0. The van der Waals surface area contributed by atoms with Gasteiger partial charge in [0.25, 0.3) is 5.88 Å². The van der Waals surface area contributed by atoms with Gasteiger partial charge in [0.05, 0.1) is 20.4 Å². The van der Waals surface area contributed by atoms with E-state index in [1.165, 1.54) is 20.4 Å². The zero-order valence-corrected chi connectivity index (χ0v) is 6.74. The number of methoxy groups -OCH3 is 2. The Labute approximate surface area is 69.2 Å². The number of aromatic nitrogens is 1. The van der Waals surface area contributed by atoms with Crippen LogP contribution in [0.2, 0.25) is 0 Å². The van der Waals surface area contributed by atoms with E-state index in [1.807, 2.05) is 0 Å². The van der Waals surface area contributed by atoms with Crippen LogP contribution in [0.15, 0.2) is 6.20 Å². The lowest BCUT2D eigenvalue weighted by Crippen LogP contribution is -1.90. The molecule has 5 nitrogen and oxygen atoms in total. The molecule has 0 aliphatic rings. The van der Waals surface area contributed by atoms with Crippen LogP contribution in [0, 0.1) is 0 Å². The molecule has 0 radical (unpaired) electrons. The fourth-order valence-electron chi connectivity index (χ4n) is 0.795. The van der Waals surface area contributed by atoms with Crippen molar-refractivity contribution >= 4 is 0 Å². The predicted octanol–water partition coefficient (Wildman–Crippen LogP) is 0.510. The molecule has 1 aromatic rings. The van der Waals surface area contributed by atoms with Gasteiger partial charge in [-0.05, 0) is 0 Å². The van der Waals surface area contributed by atoms with Crippen molar-refractivity contribution in [1.29, 1.82) is 0 Å². The maximum atomic E-state index is 9.32.